The first-order chi connectivity index (χ1) is 5.43. The third-order valence-electron chi connectivity index (χ3n) is 1.43. The molecular formula is C8H5BrF3. The van der Waals surface area contributed by atoms with Gasteiger partial charge in [-0.2, -0.15) is 13.2 Å². The quantitative estimate of drug-likeness (QED) is 0.648. The lowest BCUT2D eigenvalue weighted by molar-refractivity contribution is -0.138. The van der Waals surface area contributed by atoms with E-state index in [-0.39, 0.29) is 10.0 Å². The molecule has 0 bridgehead atoms. The van der Waals surface area contributed by atoms with E-state index in [1.54, 1.807) is 0 Å². The molecule has 1 aromatic carbocycles. The number of aryl methyl sites for hydroxylation is 1. The van der Waals surface area contributed by atoms with Crippen LogP contribution >= 0.6 is 15.9 Å². The summed E-state index contributed by atoms with van der Waals surface area (Å²) in [6.45, 7) is 1.41. The molecule has 0 fully saturated rings. The maximum absolute atomic E-state index is 12.3. The van der Waals surface area contributed by atoms with Crippen LogP contribution in [0.25, 0.3) is 0 Å². The van der Waals surface area contributed by atoms with E-state index >= 15 is 0 Å². The van der Waals surface area contributed by atoms with E-state index in [4.69, 9.17) is 0 Å². The van der Waals surface area contributed by atoms with Gasteiger partial charge in [-0.05, 0) is 24.6 Å². The predicted molar refractivity (Wildman–Crippen MR) is 42.7 cm³/mol. The van der Waals surface area contributed by atoms with E-state index in [1.807, 2.05) is 0 Å². The third-order valence-corrected chi connectivity index (χ3v) is 2.05. The molecule has 0 spiro atoms. The molecule has 0 aliphatic heterocycles. The molecule has 0 saturated heterocycles. The third kappa shape index (κ3) is 1.80. The average molecular weight is 238 g/mol. The van der Waals surface area contributed by atoms with Crippen LogP contribution < -0.4 is 0 Å². The zero-order valence-electron chi connectivity index (χ0n) is 6.17. The summed E-state index contributed by atoms with van der Waals surface area (Å²) >= 11 is 2.83. The zero-order chi connectivity index (χ0) is 9.35. The van der Waals surface area contributed by atoms with Gasteiger partial charge in [0, 0.05) is 4.47 Å². The van der Waals surface area contributed by atoms with Gasteiger partial charge in [0.15, 0.2) is 0 Å². The molecule has 1 rings (SSSR count). The van der Waals surface area contributed by atoms with Crippen LogP contribution in [0.2, 0.25) is 0 Å². The SMILES string of the molecule is Cc1c[c]cc(Br)c1C(F)(F)F. The number of rotatable bonds is 0. The molecule has 0 heterocycles. The molecule has 12 heavy (non-hydrogen) atoms. The Morgan fingerprint density at radius 2 is 1.92 bits per heavy atom. The van der Waals surface area contributed by atoms with Gasteiger partial charge in [0.05, 0.1) is 5.56 Å². The second-order valence-electron chi connectivity index (χ2n) is 2.36. The highest BCUT2D eigenvalue weighted by molar-refractivity contribution is 9.10. The molecule has 1 radical (unpaired) electrons. The maximum atomic E-state index is 12.3. The van der Waals surface area contributed by atoms with Crippen molar-refractivity contribution in [3.63, 3.8) is 0 Å². The highest BCUT2D eigenvalue weighted by atomic mass is 79.9. The summed E-state index contributed by atoms with van der Waals surface area (Å²) in [5, 5.41) is 0. The highest BCUT2D eigenvalue weighted by Crippen LogP contribution is 2.36. The van der Waals surface area contributed by atoms with Gasteiger partial charge in [-0.15, -0.1) is 0 Å². The largest absolute Gasteiger partial charge is 0.417 e. The van der Waals surface area contributed by atoms with Crippen molar-refractivity contribution in [2.24, 2.45) is 0 Å². The molecule has 65 valence electrons. The molecule has 0 unspecified atom stereocenters. The van der Waals surface area contributed by atoms with Crippen molar-refractivity contribution in [3.05, 3.63) is 33.8 Å². The lowest BCUT2D eigenvalue weighted by Gasteiger charge is -2.11. The minimum atomic E-state index is -4.29. The summed E-state index contributed by atoms with van der Waals surface area (Å²) in [5.41, 5.74) is -0.446. The van der Waals surface area contributed by atoms with E-state index in [0.717, 1.165) is 0 Å². The highest BCUT2D eigenvalue weighted by Gasteiger charge is 2.34. The lowest BCUT2D eigenvalue weighted by atomic mass is 10.1. The summed E-state index contributed by atoms with van der Waals surface area (Å²) in [6.07, 6.45) is -4.29. The molecule has 0 nitrogen and oxygen atoms in total. The van der Waals surface area contributed by atoms with Gasteiger partial charge in [0.2, 0.25) is 0 Å². The number of hydrogen-bond acceptors (Lipinski definition) is 0. The monoisotopic (exact) mass is 237 g/mol. The Morgan fingerprint density at radius 3 is 2.25 bits per heavy atom. The van der Waals surface area contributed by atoms with Crippen LogP contribution in [0.15, 0.2) is 16.6 Å². The fourth-order valence-corrected chi connectivity index (χ4v) is 1.60. The number of benzene rings is 1. The van der Waals surface area contributed by atoms with Crippen molar-refractivity contribution in [2.75, 3.05) is 0 Å². The van der Waals surface area contributed by atoms with Crippen molar-refractivity contribution in [1.29, 1.82) is 0 Å². The van der Waals surface area contributed by atoms with Gasteiger partial charge in [-0.1, -0.05) is 22.0 Å². The molecule has 0 amide bonds. The van der Waals surface area contributed by atoms with Gasteiger partial charge in [-0.25, -0.2) is 0 Å². The normalized spacial score (nSPS) is 11.8. The second-order valence-corrected chi connectivity index (χ2v) is 3.21. The van der Waals surface area contributed by atoms with Crippen molar-refractivity contribution < 1.29 is 13.2 Å². The molecule has 1 aromatic rings. The van der Waals surface area contributed by atoms with Crippen LogP contribution in [-0.4, -0.2) is 0 Å². The van der Waals surface area contributed by atoms with Crippen LogP contribution in [0.3, 0.4) is 0 Å². The van der Waals surface area contributed by atoms with Crippen LogP contribution in [-0.2, 0) is 6.18 Å². The Kier molecular flexibility index (Phi) is 2.46. The van der Waals surface area contributed by atoms with E-state index in [2.05, 4.69) is 22.0 Å². The smallest absolute Gasteiger partial charge is 0.166 e. The fourth-order valence-electron chi connectivity index (χ4n) is 0.931. The van der Waals surface area contributed by atoms with Gasteiger partial charge >= 0.3 is 6.18 Å². The van der Waals surface area contributed by atoms with E-state index in [0.29, 0.717) is 0 Å². The second kappa shape index (κ2) is 3.09. The molecule has 0 aliphatic carbocycles. The lowest BCUT2D eigenvalue weighted by Crippen LogP contribution is -2.08. The number of hydrogen-bond donors (Lipinski definition) is 0. The molecule has 0 saturated carbocycles. The molecule has 4 heteroatoms. The summed E-state index contributed by atoms with van der Waals surface area (Å²) < 4.78 is 36.8. The van der Waals surface area contributed by atoms with Crippen LogP contribution in [0.1, 0.15) is 11.1 Å². The minimum Gasteiger partial charge on any atom is -0.166 e. The standard InChI is InChI=1S/C8H5BrF3/c1-5-3-2-4-6(9)7(5)8(10,11)12/h3-4H,1H3. The van der Waals surface area contributed by atoms with E-state index < -0.39 is 11.7 Å². The fraction of sp³-hybridized carbons (Fsp3) is 0.250. The Balaban J connectivity index is 3.31. The predicted octanol–water partition coefficient (Wildman–Crippen LogP) is 3.58. The van der Waals surface area contributed by atoms with Crippen LogP contribution in [0.4, 0.5) is 13.2 Å². The van der Waals surface area contributed by atoms with Gasteiger partial charge < -0.3 is 0 Å². The van der Waals surface area contributed by atoms with Gasteiger partial charge in [0.1, 0.15) is 0 Å². The van der Waals surface area contributed by atoms with Crippen LogP contribution in [0, 0.1) is 13.0 Å². The first kappa shape index (κ1) is 9.58. The first-order valence-corrected chi connectivity index (χ1v) is 3.95. The van der Waals surface area contributed by atoms with Crippen molar-refractivity contribution in [2.45, 2.75) is 13.1 Å². The molecule has 0 atom stereocenters. The van der Waals surface area contributed by atoms with E-state index in [9.17, 15) is 13.2 Å². The molecule has 0 aliphatic rings. The maximum Gasteiger partial charge on any atom is 0.417 e. The van der Waals surface area contributed by atoms with Crippen molar-refractivity contribution in [3.8, 4) is 0 Å². The summed E-state index contributed by atoms with van der Waals surface area (Å²) in [4.78, 5) is 0. The van der Waals surface area contributed by atoms with Crippen LogP contribution in [0.5, 0.6) is 0 Å². The van der Waals surface area contributed by atoms with Gasteiger partial charge in [-0.3, -0.25) is 0 Å². The first-order valence-electron chi connectivity index (χ1n) is 3.16. The Morgan fingerprint density at radius 1 is 1.33 bits per heavy atom. The average Bonchev–Trinajstić information content (AvgIpc) is 1.82. The summed E-state index contributed by atoms with van der Waals surface area (Å²) in [6, 6.07) is 5.17. The molecule has 0 aromatic heterocycles. The Bertz CT molecular complexity index is 271. The Hall–Kier alpha value is -0.510. The molecule has 0 N–H and O–H groups in total. The number of halogens is 4. The Labute approximate surface area is 76.5 Å². The topological polar surface area (TPSA) is 0 Å². The summed E-state index contributed by atoms with van der Waals surface area (Å²) in [7, 11) is 0. The van der Waals surface area contributed by atoms with Crippen molar-refractivity contribution >= 4 is 15.9 Å². The molecular weight excluding hydrogens is 233 g/mol. The zero-order valence-corrected chi connectivity index (χ0v) is 7.75. The van der Waals surface area contributed by atoms with E-state index in [1.165, 1.54) is 19.1 Å². The number of alkyl halides is 3. The van der Waals surface area contributed by atoms with Gasteiger partial charge in [0.25, 0.3) is 0 Å². The van der Waals surface area contributed by atoms with Crippen molar-refractivity contribution in [1.82, 2.24) is 0 Å². The minimum absolute atomic E-state index is 0.0370. The summed E-state index contributed by atoms with van der Waals surface area (Å²) in [5.74, 6) is 0.